The molecule has 2 aromatic carbocycles. The summed E-state index contributed by atoms with van der Waals surface area (Å²) < 4.78 is 24.7. The van der Waals surface area contributed by atoms with Gasteiger partial charge in [-0.1, -0.05) is 47.7 Å². The summed E-state index contributed by atoms with van der Waals surface area (Å²) in [6, 6.07) is 17.5. The number of carbonyl (C=O) groups is 1. The van der Waals surface area contributed by atoms with Gasteiger partial charge in [0.25, 0.3) is 5.56 Å². The molecule has 0 N–H and O–H groups in total. The molecule has 0 amide bonds. The Morgan fingerprint density at radius 2 is 1.97 bits per heavy atom. The predicted octanol–water partition coefficient (Wildman–Crippen LogP) is 4.02. The number of furan rings is 1. The fourth-order valence-corrected chi connectivity index (χ4v) is 5.67. The van der Waals surface area contributed by atoms with Crippen molar-refractivity contribution in [1.82, 2.24) is 4.57 Å². The number of halogens is 1. The summed E-state index contributed by atoms with van der Waals surface area (Å²) in [5.41, 5.74) is 1.84. The highest BCUT2D eigenvalue weighted by atomic mass is 79.9. The molecular formula is C27H19BrN2O6S. The first-order valence-corrected chi connectivity index (χ1v) is 13.1. The van der Waals surface area contributed by atoms with Crippen molar-refractivity contribution in [2.24, 2.45) is 4.99 Å². The minimum absolute atomic E-state index is 0.107. The van der Waals surface area contributed by atoms with Crippen LogP contribution >= 0.6 is 27.3 Å². The molecule has 0 bridgehead atoms. The summed E-state index contributed by atoms with van der Waals surface area (Å²) >= 11 is 4.52. The van der Waals surface area contributed by atoms with Crippen LogP contribution in [0.3, 0.4) is 0 Å². The Labute approximate surface area is 222 Å². The zero-order valence-electron chi connectivity index (χ0n) is 19.5. The Balaban J connectivity index is 1.65. The van der Waals surface area contributed by atoms with Crippen LogP contribution < -0.4 is 24.4 Å². The molecule has 4 aromatic rings. The molecule has 2 aliphatic rings. The van der Waals surface area contributed by atoms with Gasteiger partial charge in [-0.15, -0.1) is 0 Å². The fraction of sp³-hybridized carbons (Fsp3) is 0.148. The van der Waals surface area contributed by atoms with E-state index in [1.54, 1.807) is 37.3 Å². The van der Waals surface area contributed by atoms with Crippen LogP contribution in [0.25, 0.3) is 11.8 Å². The molecule has 2 aliphatic heterocycles. The summed E-state index contributed by atoms with van der Waals surface area (Å²) in [5.74, 6) is 1.12. The number of hydrogen-bond donors (Lipinski definition) is 0. The summed E-state index contributed by atoms with van der Waals surface area (Å²) in [6.07, 6.45) is 1.67. The van der Waals surface area contributed by atoms with Crippen molar-refractivity contribution in [1.29, 1.82) is 0 Å². The molecular weight excluding hydrogens is 560 g/mol. The molecule has 0 aliphatic carbocycles. The smallest absolute Gasteiger partial charge is 0.338 e. The number of hydrogen-bond acceptors (Lipinski definition) is 8. The number of esters is 1. The first kappa shape index (κ1) is 23.5. The first-order valence-electron chi connectivity index (χ1n) is 11.5. The molecule has 10 heteroatoms. The molecule has 186 valence electrons. The Bertz CT molecular complexity index is 1730. The van der Waals surface area contributed by atoms with E-state index < -0.39 is 12.0 Å². The van der Waals surface area contributed by atoms with Crippen LogP contribution in [0.5, 0.6) is 11.5 Å². The largest absolute Gasteiger partial charge is 0.463 e. The van der Waals surface area contributed by atoms with Gasteiger partial charge in [-0.25, -0.2) is 9.79 Å². The second-order valence-corrected chi connectivity index (χ2v) is 9.98. The Morgan fingerprint density at radius 1 is 1.16 bits per heavy atom. The molecule has 0 radical (unpaired) electrons. The van der Waals surface area contributed by atoms with E-state index in [9.17, 15) is 9.59 Å². The van der Waals surface area contributed by atoms with Crippen LogP contribution in [-0.2, 0) is 9.53 Å². The number of thiazole rings is 1. The standard InChI is InChI=1S/C27H19BrN2O6S/c1-2-33-26(32)22-23(15-6-4-3-5-7-15)29-27-30(24(22)16-8-10-18-19(12-16)35-14-34-18)25(31)20(37-27)13-17-9-11-21(28)36-17/h3-13,24H,2,14H2,1H3/b20-13-. The van der Waals surface area contributed by atoms with E-state index in [0.29, 0.717) is 42.5 Å². The van der Waals surface area contributed by atoms with Gasteiger partial charge in [-0.2, -0.15) is 0 Å². The lowest BCUT2D eigenvalue weighted by atomic mass is 9.93. The molecule has 0 saturated carbocycles. The number of nitrogens with zero attached hydrogens (tertiary/aromatic N) is 2. The van der Waals surface area contributed by atoms with Crippen LogP contribution in [0, 0.1) is 0 Å². The van der Waals surface area contributed by atoms with Crippen LogP contribution in [0.15, 0.2) is 85.1 Å². The fourth-order valence-electron chi connectivity index (χ4n) is 4.37. The maximum absolute atomic E-state index is 13.8. The summed E-state index contributed by atoms with van der Waals surface area (Å²) in [5, 5.41) is 0. The van der Waals surface area contributed by atoms with Crippen molar-refractivity contribution in [3.63, 3.8) is 0 Å². The highest BCUT2D eigenvalue weighted by molar-refractivity contribution is 9.10. The second kappa shape index (κ2) is 9.53. The third kappa shape index (κ3) is 4.21. The van der Waals surface area contributed by atoms with E-state index in [2.05, 4.69) is 15.9 Å². The maximum atomic E-state index is 13.8. The number of aromatic nitrogens is 1. The lowest BCUT2D eigenvalue weighted by molar-refractivity contribution is -0.138. The zero-order valence-corrected chi connectivity index (χ0v) is 21.9. The molecule has 6 rings (SSSR count). The van der Waals surface area contributed by atoms with E-state index >= 15 is 0 Å². The lowest BCUT2D eigenvalue weighted by Crippen LogP contribution is -2.40. The number of rotatable bonds is 5. The van der Waals surface area contributed by atoms with Gasteiger partial charge in [0, 0.05) is 11.6 Å². The minimum atomic E-state index is -0.800. The summed E-state index contributed by atoms with van der Waals surface area (Å²) in [4.78, 5) is 32.6. The monoisotopic (exact) mass is 578 g/mol. The average Bonchev–Trinajstić information content (AvgIpc) is 3.62. The van der Waals surface area contributed by atoms with E-state index in [0.717, 1.165) is 5.56 Å². The van der Waals surface area contributed by atoms with Gasteiger partial charge in [0.1, 0.15) is 5.76 Å². The molecule has 0 spiro atoms. The van der Waals surface area contributed by atoms with Gasteiger partial charge in [0.2, 0.25) is 6.79 Å². The highest BCUT2D eigenvalue weighted by Gasteiger charge is 2.36. The van der Waals surface area contributed by atoms with Gasteiger partial charge < -0.3 is 18.6 Å². The van der Waals surface area contributed by atoms with Crippen molar-refractivity contribution < 1.29 is 23.4 Å². The molecule has 4 heterocycles. The number of carbonyl (C=O) groups excluding carboxylic acids is 1. The van der Waals surface area contributed by atoms with Crippen molar-refractivity contribution in [3.8, 4) is 11.5 Å². The van der Waals surface area contributed by atoms with Crippen molar-refractivity contribution in [3.05, 3.63) is 107 Å². The third-order valence-electron chi connectivity index (χ3n) is 5.95. The average molecular weight is 579 g/mol. The van der Waals surface area contributed by atoms with Crippen molar-refractivity contribution in [2.75, 3.05) is 13.4 Å². The Morgan fingerprint density at radius 3 is 2.73 bits per heavy atom. The SMILES string of the molecule is CCOC(=O)C1=C(c2ccccc2)N=c2s/c(=C\c3ccc(Br)o3)c(=O)n2C1c1ccc2c(c1)OCO2. The van der Waals surface area contributed by atoms with E-state index in [4.69, 9.17) is 23.6 Å². The van der Waals surface area contributed by atoms with Gasteiger partial charge >= 0.3 is 5.97 Å². The molecule has 1 unspecified atom stereocenters. The van der Waals surface area contributed by atoms with Gasteiger partial charge in [0.15, 0.2) is 21.0 Å². The van der Waals surface area contributed by atoms with Gasteiger partial charge in [0.05, 0.1) is 28.5 Å². The number of benzene rings is 2. The third-order valence-corrected chi connectivity index (χ3v) is 7.36. The molecule has 37 heavy (non-hydrogen) atoms. The minimum Gasteiger partial charge on any atom is -0.463 e. The lowest BCUT2D eigenvalue weighted by Gasteiger charge is -2.26. The Kier molecular flexibility index (Phi) is 6.05. The number of ether oxygens (including phenoxy) is 3. The van der Waals surface area contributed by atoms with Crippen molar-refractivity contribution >= 4 is 45.0 Å². The highest BCUT2D eigenvalue weighted by Crippen LogP contribution is 2.40. The van der Waals surface area contributed by atoms with E-state index in [-0.39, 0.29) is 24.5 Å². The summed E-state index contributed by atoms with van der Waals surface area (Å²) in [6.45, 7) is 2.03. The topological polar surface area (TPSA) is 92.3 Å². The van der Waals surface area contributed by atoms with Crippen LogP contribution in [-0.4, -0.2) is 23.9 Å². The number of fused-ring (bicyclic) bond motifs is 2. The normalized spacial score (nSPS) is 16.5. The maximum Gasteiger partial charge on any atom is 0.338 e. The predicted molar refractivity (Wildman–Crippen MR) is 140 cm³/mol. The van der Waals surface area contributed by atoms with E-state index in [1.165, 1.54) is 15.9 Å². The Hall–Kier alpha value is -3.89. The van der Waals surface area contributed by atoms with Crippen molar-refractivity contribution in [2.45, 2.75) is 13.0 Å². The van der Waals surface area contributed by atoms with Crippen LogP contribution in [0.2, 0.25) is 0 Å². The second-order valence-electron chi connectivity index (χ2n) is 8.19. The molecule has 8 nitrogen and oxygen atoms in total. The first-order chi connectivity index (χ1) is 18.0. The van der Waals surface area contributed by atoms with E-state index in [1.807, 2.05) is 36.4 Å². The molecule has 0 saturated heterocycles. The van der Waals surface area contributed by atoms with Gasteiger partial charge in [-0.3, -0.25) is 9.36 Å². The summed E-state index contributed by atoms with van der Waals surface area (Å²) in [7, 11) is 0. The molecule has 0 fully saturated rings. The van der Waals surface area contributed by atoms with Gasteiger partial charge in [-0.05, 0) is 52.7 Å². The molecule has 1 atom stereocenters. The van der Waals surface area contributed by atoms with Crippen LogP contribution in [0.4, 0.5) is 0 Å². The molecule has 2 aromatic heterocycles. The van der Waals surface area contributed by atoms with Crippen LogP contribution in [0.1, 0.15) is 29.9 Å². The quantitative estimate of drug-likeness (QED) is 0.332. The zero-order chi connectivity index (χ0) is 25.5.